The molecule has 7 nitrogen and oxygen atoms in total. The Bertz CT molecular complexity index is 744. The largest absolute Gasteiger partial charge is 0.398 e. The maximum absolute atomic E-state index is 12.0. The van der Waals surface area contributed by atoms with E-state index in [2.05, 4.69) is 5.48 Å². The van der Waals surface area contributed by atoms with Gasteiger partial charge in [0.15, 0.2) is 0 Å². The first-order valence-electron chi connectivity index (χ1n) is 6.47. The monoisotopic (exact) mass is 301 g/mol. The number of benzene rings is 2. The minimum absolute atomic E-state index is 0.0591. The molecule has 7 heteroatoms. The quantitative estimate of drug-likeness (QED) is 0.510. The number of anilines is 2. The molecule has 2 aromatic rings. The third kappa shape index (κ3) is 3.32. The first-order valence-corrected chi connectivity index (χ1v) is 6.47. The number of nitrogens with zero attached hydrogens (tertiary/aromatic N) is 1. The summed E-state index contributed by atoms with van der Waals surface area (Å²) < 4.78 is 0. The standard InChI is InChI=1S/C15H15N3O4/c1-9-3-6-13(16)12(7-9)15(19)22-17-11-5-4-10(2)14(8-11)18(20)21/h3-8,17H,16H2,1-2H3. The second-order valence-corrected chi connectivity index (χ2v) is 4.84. The van der Waals surface area contributed by atoms with Gasteiger partial charge in [0, 0.05) is 17.3 Å². The van der Waals surface area contributed by atoms with Crippen LogP contribution in [0.3, 0.4) is 0 Å². The number of hydrogen-bond acceptors (Lipinski definition) is 6. The first-order chi connectivity index (χ1) is 10.4. The van der Waals surface area contributed by atoms with Gasteiger partial charge >= 0.3 is 5.97 Å². The topological polar surface area (TPSA) is 107 Å². The Kier molecular flexibility index (Phi) is 4.26. The van der Waals surface area contributed by atoms with Crippen molar-refractivity contribution in [2.24, 2.45) is 0 Å². The highest BCUT2D eigenvalue weighted by Gasteiger charge is 2.14. The van der Waals surface area contributed by atoms with Crippen LogP contribution in [0.4, 0.5) is 17.1 Å². The van der Waals surface area contributed by atoms with E-state index >= 15 is 0 Å². The molecule has 0 aromatic heterocycles. The molecule has 0 unspecified atom stereocenters. The molecule has 0 aliphatic carbocycles. The van der Waals surface area contributed by atoms with Crippen molar-refractivity contribution in [3.05, 3.63) is 63.2 Å². The van der Waals surface area contributed by atoms with Gasteiger partial charge in [-0.05, 0) is 32.0 Å². The fourth-order valence-electron chi connectivity index (χ4n) is 1.88. The normalized spacial score (nSPS) is 10.1. The molecule has 2 aromatic carbocycles. The average molecular weight is 301 g/mol. The Labute approximate surface area is 126 Å². The Balaban J connectivity index is 2.13. The van der Waals surface area contributed by atoms with E-state index < -0.39 is 10.9 Å². The van der Waals surface area contributed by atoms with E-state index in [4.69, 9.17) is 10.6 Å². The van der Waals surface area contributed by atoms with Gasteiger partial charge in [-0.1, -0.05) is 17.7 Å². The number of nitrogens with one attached hydrogen (secondary N) is 1. The predicted molar refractivity (Wildman–Crippen MR) is 82.5 cm³/mol. The van der Waals surface area contributed by atoms with Crippen molar-refractivity contribution in [2.75, 3.05) is 11.2 Å². The Morgan fingerprint density at radius 2 is 1.95 bits per heavy atom. The molecule has 22 heavy (non-hydrogen) atoms. The molecule has 2 rings (SSSR count). The van der Waals surface area contributed by atoms with Crippen molar-refractivity contribution in [1.29, 1.82) is 0 Å². The SMILES string of the molecule is Cc1ccc(N)c(C(=O)ONc2ccc(C)c([N+](=O)[O-])c2)c1. The van der Waals surface area contributed by atoms with Gasteiger partial charge in [0.2, 0.25) is 0 Å². The second-order valence-electron chi connectivity index (χ2n) is 4.84. The number of nitro benzene ring substituents is 1. The number of carbonyl (C=O) groups excluding carboxylic acids is 1. The van der Waals surface area contributed by atoms with E-state index in [1.807, 2.05) is 6.92 Å². The van der Waals surface area contributed by atoms with E-state index in [1.165, 1.54) is 6.07 Å². The summed E-state index contributed by atoms with van der Waals surface area (Å²) in [6, 6.07) is 9.44. The summed E-state index contributed by atoms with van der Waals surface area (Å²) in [5, 5.41) is 10.9. The van der Waals surface area contributed by atoms with Gasteiger partial charge in [0.25, 0.3) is 5.69 Å². The van der Waals surface area contributed by atoms with Gasteiger partial charge in [-0.3, -0.25) is 10.1 Å². The summed E-state index contributed by atoms with van der Waals surface area (Å²) in [5.41, 5.74) is 10.3. The van der Waals surface area contributed by atoms with Gasteiger partial charge in [-0.15, -0.1) is 0 Å². The molecule has 0 atom stereocenters. The predicted octanol–water partition coefficient (Wildman–Crippen LogP) is 2.98. The van der Waals surface area contributed by atoms with E-state index in [9.17, 15) is 14.9 Å². The Morgan fingerprint density at radius 1 is 1.23 bits per heavy atom. The van der Waals surface area contributed by atoms with Crippen LogP contribution in [0.2, 0.25) is 0 Å². The molecule has 114 valence electrons. The Hall–Kier alpha value is -3.09. The van der Waals surface area contributed by atoms with Crippen LogP contribution in [-0.2, 0) is 4.84 Å². The van der Waals surface area contributed by atoms with Crippen LogP contribution in [0.25, 0.3) is 0 Å². The summed E-state index contributed by atoms with van der Waals surface area (Å²) in [7, 11) is 0. The molecule has 0 aliphatic rings. The molecule has 3 N–H and O–H groups in total. The molecular weight excluding hydrogens is 286 g/mol. The zero-order valence-electron chi connectivity index (χ0n) is 12.1. The molecule has 0 radical (unpaired) electrons. The minimum Gasteiger partial charge on any atom is -0.398 e. The average Bonchev–Trinajstić information content (AvgIpc) is 2.48. The molecular formula is C15H15N3O4. The number of nitro groups is 1. The van der Waals surface area contributed by atoms with Gasteiger partial charge < -0.3 is 10.6 Å². The molecule has 0 amide bonds. The third-order valence-electron chi connectivity index (χ3n) is 3.10. The van der Waals surface area contributed by atoms with Crippen LogP contribution in [-0.4, -0.2) is 10.9 Å². The maximum atomic E-state index is 12.0. The maximum Gasteiger partial charge on any atom is 0.364 e. The van der Waals surface area contributed by atoms with E-state index in [1.54, 1.807) is 37.3 Å². The number of nitrogen functional groups attached to an aromatic ring is 1. The number of nitrogens with two attached hydrogens (primary N) is 1. The van der Waals surface area contributed by atoms with Crippen molar-refractivity contribution in [3.8, 4) is 0 Å². The lowest BCUT2D eigenvalue weighted by Crippen LogP contribution is -2.13. The van der Waals surface area contributed by atoms with Crippen LogP contribution in [0, 0.1) is 24.0 Å². The van der Waals surface area contributed by atoms with Crippen LogP contribution >= 0.6 is 0 Å². The van der Waals surface area contributed by atoms with Crippen LogP contribution < -0.4 is 11.2 Å². The van der Waals surface area contributed by atoms with E-state index in [-0.39, 0.29) is 11.3 Å². The summed E-state index contributed by atoms with van der Waals surface area (Å²) >= 11 is 0. The second kappa shape index (κ2) is 6.13. The van der Waals surface area contributed by atoms with Crippen molar-refractivity contribution in [2.45, 2.75) is 13.8 Å². The van der Waals surface area contributed by atoms with Gasteiger partial charge in [-0.2, -0.15) is 0 Å². The minimum atomic E-state index is -0.663. The van der Waals surface area contributed by atoms with Crippen molar-refractivity contribution in [3.63, 3.8) is 0 Å². The van der Waals surface area contributed by atoms with Gasteiger partial charge in [0.1, 0.15) is 0 Å². The molecule has 0 saturated carbocycles. The first kappa shape index (κ1) is 15.3. The fraction of sp³-hybridized carbons (Fsp3) is 0.133. The lowest BCUT2D eigenvalue weighted by atomic mass is 10.1. The van der Waals surface area contributed by atoms with Crippen LogP contribution in [0.5, 0.6) is 0 Å². The summed E-state index contributed by atoms with van der Waals surface area (Å²) in [4.78, 5) is 27.3. The molecule has 0 spiro atoms. The fourth-order valence-corrected chi connectivity index (χ4v) is 1.88. The highest BCUT2D eigenvalue weighted by Crippen LogP contribution is 2.22. The van der Waals surface area contributed by atoms with Gasteiger partial charge in [0.05, 0.1) is 16.2 Å². The third-order valence-corrected chi connectivity index (χ3v) is 3.10. The highest BCUT2D eigenvalue weighted by molar-refractivity contribution is 5.95. The van der Waals surface area contributed by atoms with E-state index in [0.29, 0.717) is 16.9 Å². The summed E-state index contributed by atoms with van der Waals surface area (Å²) in [6.45, 7) is 3.45. The van der Waals surface area contributed by atoms with Crippen LogP contribution in [0.1, 0.15) is 21.5 Å². The van der Waals surface area contributed by atoms with E-state index in [0.717, 1.165) is 5.56 Å². The van der Waals surface area contributed by atoms with Crippen molar-refractivity contribution < 1.29 is 14.6 Å². The van der Waals surface area contributed by atoms with Crippen molar-refractivity contribution in [1.82, 2.24) is 0 Å². The molecule has 0 fully saturated rings. The number of hydrogen-bond donors (Lipinski definition) is 2. The highest BCUT2D eigenvalue weighted by atomic mass is 16.7. The summed E-state index contributed by atoms with van der Waals surface area (Å²) in [5.74, 6) is -0.663. The summed E-state index contributed by atoms with van der Waals surface area (Å²) in [6.07, 6.45) is 0. The lowest BCUT2D eigenvalue weighted by molar-refractivity contribution is -0.385. The smallest absolute Gasteiger partial charge is 0.364 e. The lowest BCUT2D eigenvalue weighted by Gasteiger charge is -2.09. The molecule has 0 aliphatic heterocycles. The number of aryl methyl sites for hydroxylation is 2. The Morgan fingerprint density at radius 3 is 2.64 bits per heavy atom. The zero-order chi connectivity index (χ0) is 16.3. The number of carbonyl (C=O) groups is 1. The van der Waals surface area contributed by atoms with Gasteiger partial charge in [-0.25, -0.2) is 10.3 Å². The zero-order valence-corrected chi connectivity index (χ0v) is 12.1. The molecule has 0 saturated heterocycles. The number of rotatable bonds is 4. The molecule has 0 bridgehead atoms. The van der Waals surface area contributed by atoms with Crippen molar-refractivity contribution >= 4 is 23.0 Å². The molecule has 0 heterocycles. The van der Waals surface area contributed by atoms with Crippen LogP contribution in [0.15, 0.2) is 36.4 Å².